The molecule has 2 aromatic heterocycles. The van der Waals surface area contributed by atoms with Gasteiger partial charge in [-0.3, -0.25) is 19.2 Å². The van der Waals surface area contributed by atoms with Crippen molar-refractivity contribution in [2.75, 3.05) is 49.7 Å². The predicted octanol–water partition coefficient (Wildman–Crippen LogP) is 6.47. The van der Waals surface area contributed by atoms with Gasteiger partial charge in [0.05, 0.1) is 13.7 Å². The van der Waals surface area contributed by atoms with E-state index in [9.17, 15) is 19.2 Å². The van der Waals surface area contributed by atoms with Crippen molar-refractivity contribution in [2.24, 2.45) is 11.8 Å². The number of carbonyl (C=O) groups excluding carboxylic acids is 2. The van der Waals surface area contributed by atoms with Gasteiger partial charge in [0, 0.05) is 51.1 Å². The highest BCUT2D eigenvalue weighted by molar-refractivity contribution is 5.97. The first-order valence-electron chi connectivity index (χ1n) is 20.9. The third kappa shape index (κ3) is 12.7. The van der Waals surface area contributed by atoms with Crippen LogP contribution in [-0.4, -0.2) is 95.9 Å². The maximum absolute atomic E-state index is 12.8. The molecule has 14 heteroatoms. The number of pyridine rings is 2. The van der Waals surface area contributed by atoms with Crippen LogP contribution in [0.2, 0.25) is 0 Å². The molecule has 2 amide bonds. The Morgan fingerprint density at radius 3 is 1.54 bits per heavy atom. The number of methoxy groups -OCH3 is 1. The zero-order valence-electron chi connectivity index (χ0n) is 33.3. The van der Waals surface area contributed by atoms with Crippen LogP contribution in [0.1, 0.15) is 137 Å². The van der Waals surface area contributed by atoms with Crippen LogP contribution in [0.15, 0.2) is 24.3 Å². The highest BCUT2D eigenvalue weighted by Crippen LogP contribution is 2.29. The van der Waals surface area contributed by atoms with Crippen molar-refractivity contribution in [2.45, 2.75) is 128 Å². The maximum Gasteiger partial charge on any atom is 0.303 e. The summed E-state index contributed by atoms with van der Waals surface area (Å²) >= 11 is 0. The molecule has 4 N–H and O–H groups in total. The molecular formula is C42H62N6O8. The molecule has 4 heterocycles. The summed E-state index contributed by atoms with van der Waals surface area (Å²) in [4.78, 5) is 60.9. The first-order chi connectivity index (χ1) is 27.1. The van der Waals surface area contributed by atoms with Gasteiger partial charge >= 0.3 is 11.9 Å². The molecule has 2 aliphatic heterocycles. The van der Waals surface area contributed by atoms with Crippen LogP contribution in [0.3, 0.4) is 0 Å². The van der Waals surface area contributed by atoms with Crippen LogP contribution in [0, 0.1) is 11.8 Å². The van der Waals surface area contributed by atoms with Crippen molar-refractivity contribution >= 4 is 35.4 Å². The summed E-state index contributed by atoms with van der Waals surface area (Å²) in [6.45, 7) is 5.52. The molecule has 2 aromatic rings. The van der Waals surface area contributed by atoms with E-state index in [4.69, 9.17) is 19.7 Å². The quantitative estimate of drug-likeness (QED) is 0.164. The van der Waals surface area contributed by atoms with Crippen molar-refractivity contribution < 1.29 is 38.9 Å². The van der Waals surface area contributed by atoms with Gasteiger partial charge in [0.15, 0.2) is 0 Å². The number of nitrogens with zero attached hydrogens (tertiary/aromatic N) is 4. The summed E-state index contributed by atoms with van der Waals surface area (Å²) in [6, 6.07) is 7.72. The lowest BCUT2D eigenvalue weighted by atomic mass is 9.95. The molecule has 4 fully saturated rings. The molecule has 0 spiro atoms. The lowest BCUT2D eigenvalue weighted by molar-refractivity contribution is -0.139. The summed E-state index contributed by atoms with van der Waals surface area (Å²) in [7, 11) is 1.52. The Bertz CT molecular complexity index is 1610. The van der Waals surface area contributed by atoms with E-state index < -0.39 is 11.9 Å². The number of carbonyl (C=O) groups is 4. The number of ether oxygens (including phenoxy) is 2. The Labute approximate surface area is 331 Å². The fourth-order valence-corrected chi connectivity index (χ4v) is 8.42. The smallest absolute Gasteiger partial charge is 0.303 e. The van der Waals surface area contributed by atoms with Crippen molar-refractivity contribution in [3.63, 3.8) is 0 Å². The second kappa shape index (κ2) is 21.6. The van der Waals surface area contributed by atoms with Crippen LogP contribution < -0.4 is 29.9 Å². The Balaban J connectivity index is 0.000000215. The Hall–Kier alpha value is -4.62. The number of hydrogen-bond acceptors (Lipinski definition) is 10. The average Bonchev–Trinajstić information content (AvgIpc) is 3.20. The minimum Gasteiger partial charge on any atom is -0.481 e. The van der Waals surface area contributed by atoms with Gasteiger partial charge in [-0.1, -0.05) is 45.4 Å². The Morgan fingerprint density at radius 2 is 1.11 bits per heavy atom. The van der Waals surface area contributed by atoms with Crippen LogP contribution in [-0.2, 0) is 9.59 Å². The normalized spacial score (nSPS) is 20.6. The SMILES string of the molecule is CCCOc1nc(N2CCC[C@@H](CC(=O)O)C2)ccc1C(=O)NC1CCCCC1.COc1nc(N2CCC[C@@H](CC(=O)O)C2)ccc1C(=O)NC1CCCCC1. The standard InChI is InChI=1S/C22H33N3O4.C20H29N3O4/c1-2-13-29-22-18(21(28)23-17-8-4-3-5-9-17)10-11-19(24-22)25-12-6-7-16(15-25)14-20(26)27;1-27-20-16(19(26)21-15-7-3-2-4-8-15)9-10-17(22-20)23-11-5-6-14(13-23)12-18(24)25/h10-11,16-17H,2-9,12-15H2,1H3,(H,23,28)(H,26,27);9-10,14-15H,2-8,11-13H2,1H3,(H,21,26)(H,24,25)/t16-;14-/m00/s1. The van der Waals surface area contributed by atoms with Crippen molar-refractivity contribution in [3.05, 3.63) is 35.4 Å². The summed E-state index contributed by atoms with van der Waals surface area (Å²) in [6.07, 6.45) is 16.1. The molecule has 2 atom stereocenters. The molecule has 6 rings (SSSR count). The highest BCUT2D eigenvalue weighted by Gasteiger charge is 2.27. The molecule has 2 saturated heterocycles. The van der Waals surface area contributed by atoms with Gasteiger partial charge in [-0.25, -0.2) is 0 Å². The second-order valence-electron chi connectivity index (χ2n) is 15.8. The number of rotatable bonds is 14. The van der Waals surface area contributed by atoms with E-state index in [0.29, 0.717) is 42.6 Å². The number of carboxylic acid groups (broad SMARTS) is 2. The number of hydrogen-bond donors (Lipinski definition) is 4. The molecule has 0 unspecified atom stereocenters. The molecule has 2 aliphatic carbocycles. The first-order valence-corrected chi connectivity index (χ1v) is 20.9. The third-order valence-corrected chi connectivity index (χ3v) is 11.3. The van der Waals surface area contributed by atoms with E-state index in [1.165, 1.54) is 20.0 Å². The van der Waals surface area contributed by atoms with Gasteiger partial charge in [-0.15, -0.1) is 0 Å². The van der Waals surface area contributed by atoms with E-state index in [2.05, 4.69) is 30.4 Å². The number of nitrogens with one attached hydrogen (secondary N) is 2. The van der Waals surface area contributed by atoms with Crippen molar-refractivity contribution in [3.8, 4) is 11.8 Å². The number of piperidine rings is 2. The lowest BCUT2D eigenvalue weighted by Crippen LogP contribution is -2.38. The fraction of sp³-hybridized carbons (Fsp3) is 0.667. The summed E-state index contributed by atoms with van der Waals surface area (Å²) in [5, 5.41) is 24.4. The van der Waals surface area contributed by atoms with E-state index in [1.807, 2.05) is 19.1 Å². The van der Waals surface area contributed by atoms with Crippen LogP contribution >= 0.6 is 0 Å². The highest BCUT2D eigenvalue weighted by atomic mass is 16.5. The molecule has 0 radical (unpaired) electrons. The molecule has 56 heavy (non-hydrogen) atoms. The van der Waals surface area contributed by atoms with Gasteiger partial charge in [0.1, 0.15) is 22.8 Å². The zero-order chi connectivity index (χ0) is 39.9. The molecule has 308 valence electrons. The largest absolute Gasteiger partial charge is 0.481 e. The molecular weight excluding hydrogens is 716 g/mol. The van der Waals surface area contributed by atoms with Gasteiger partial charge in [-0.05, 0) is 93.9 Å². The summed E-state index contributed by atoms with van der Waals surface area (Å²) in [5.41, 5.74) is 0.929. The van der Waals surface area contributed by atoms with Gasteiger partial charge in [0.25, 0.3) is 11.8 Å². The number of anilines is 2. The van der Waals surface area contributed by atoms with E-state index in [-0.39, 0.29) is 48.6 Å². The molecule has 0 bridgehead atoms. The molecule has 0 aromatic carbocycles. The van der Waals surface area contributed by atoms with Crippen LogP contribution in [0.4, 0.5) is 11.6 Å². The van der Waals surface area contributed by atoms with Gasteiger partial charge < -0.3 is 40.1 Å². The van der Waals surface area contributed by atoms with Gasteiger partial charge in [0.2, 0.25) is 11.8 Å². The van der Waals surface area contributed by atoms with Gasteiger partial charge in [-0.2, -0.15) is 9.97 Å². The minimum absolute atomic E-state index is 0.121. The predicted molar refractivity (Wildman–Crippen MR) is 214 cm³/mol. The number of aromatic nitrogens is 2. The molecule has 4 aliphatic rings. The monoisotopic (exact) mass is 778 g/mol. The molecule has 14 nitrogen and oxygen atoms in total. The number of amides is 2. The Morgan fingerprint density at radius 1 is 0.661 bits per heavy atom. The summed E-state index contributed by atoms with van der Waals surface area (Å²) in [5.74, 6) is 0.643. The third-order valence-electron chi connectivity index (χ3n) is 11.3. The zero-order valence-corrected chi connectivity index (χ0v) is 33.3. The van der Waals surface area contributed by atoms with Crippen molar-refractivity contribution in [1.29, 1.82) is 0 Å². The van der Waals surface area contributed by atoms with E-state index in [0.717, 1.165) is 108 Å². The maximum atomic E-state index is 12.8. The first kappa shape index (κ1) is 42.5. The van der Waals surface area contributed by atoms with E-state index in [1.54, 1.807) is 12.1 Å². The average molecular weight is 779 g/mol. The lowest BCUT2D eigenvalue weighted by Gasteiger charge is -2.33. The number of aliphatic carboxylic acids is 2. The minimum atomic E-state index is -0.762. The van der Waals surface area contributed by atoms with E-state index >= 15 is 0 Å². The fourth-order valence-electron chi connectivity index (χ4n) is 8.42. The van der Waals surface area contributed by atoms with Crippen LogP contribution in [0.5, 0.6) is 11.8 Å². The Kier molecular flexibility index (Phi) is 16.4. The topological polar surface area (TPSA) is 184 Å². The summed E-state index contributed by atoms with van der Waals surface area (Å²) < 4.78 is 11.2. The van der Waals surface area contributed by atoms with Crippen molar-refractivity contribution in [1.82, 2.24) is 20.6 Å². The van der Waals surface area contributed by atoms with Crippen LogP contribution in [0.25, 0.3) is 0 Å². The second-order valence-corrected chi connectivity index (χ2v) is 15.8. The molecule has 2 saturated carbocycles. The number of carboxylic acids is 2.